The first-order valence-electron chi connectivity index (χ1n) is 5.49. The summed E-state index contributed by atoms with van der Waals surface area (Å²) in [6.07, 6.45) is 0. The highest BCUT2D eigenvalue weighted by molar-refractivity contribution is 6.32. The largest absolute Gasteiger partial charge is 0.482 e. The minimum absolute atomic E-state index is 0.0650. The Morgan fingerprint density at radius 3 is 2.83 bits per heavy atom. The molecule has 0 aliphatic carbocycles. The van der Waals surface area contributed by atoms with E-state index in [9.17, 15) is 9.18 Å². The zero-order chi connectivity index (χ0) is 13.7. The maximum absolute atomic E-state index is 12.8. The second kappa shape index (κ2) is 6.56. The molecule has 0 spiro atoms. The molecule has 4 nitrogen and oxygen atoms in total. The van der Waals surface area contributed by atoms with E-state index in [0.717, 1.165) is 6.07 Å². The van der Waals surface area contributed by atoms with Crippen LogP contribution in [0.25, 0.3) is 0 Å². The topological polar surface area (TPSA) is 55.6 Å². The molecule has 1 amide bonds. The Morgan fingerprint density at radius 2 is 2.28 bits per heavy atom. The van der Waals surface area contributed by atoms with Gasteiger partial charge in [-0.05, 0) is 25.1 Å². The first kappa shape index (κ1) is 14.7. The van der Waals surface area contributed by atoms with Gasteiger partial charge in [-0.3, -0.25) is 4.79 Å². The van der Waals surface area contributed by atoms with Gasteiger partial charge in [0.1, 0.15) is 11.6 Å². The molecule has 1 aromatic rings. The standard InChI is InChI=1S/C12H16ClFN2O2/c1-8(6-15)16(2)12(17)7-18-11-4-3-9(14)5-10(11)13/h3-5,8H,6-7,15H2,1-2H3. The van der Waals surface area contributed by atoms with Gasteiger partial charge in [0.2, 0.25) is 0 Å². The number of halogens is 2. The molecule has 0 saturated heterocycles. The minimum Gasteiger partial charge on any atom is -0.482 e. The lowest BCUT2D eigenvalue weighted by atomic mass is 10.3. The van der Waals surface area contributed by atoms with E-state index >= 15 is 0 Å². The third kappa shape index (κ3) is 3.85. The number of amides is 1. The maximum atomic E-state index is 12.8. The molecule has 2 N–H and O–H groups in total. The van der Waals surface area contributed by atoms with Crippen LogP contribution in [0.5, 0.6) is 5.75 Å². The number of nitrogens with two attached hydrogens (primary N) is 1. The molecule has 1 rings (SSSR count). The van der Waals surface area contributed by atoms with Crippen molar-refractivity contribution in [2.24, 2.45) is 5.73 Å². The van der Waals surface area contributed by atoms with Crippen LogP contribution in [-0.4, -0.2) is 37.0 Å². The monoisotopic (exact) mass is 274 g/mol. The van der Waals surface area contributed by atoms with E-state index in [-0.39, 0.29) is 29.3 Å². The molecule has 1 unspecified atom stereocenters. The van der Waals surface area contributed by atoms with Gasteiger partial charge in [0.15, 0.2) is 6.61 Å². The number of likely N-dealkylation sites (N-methyl/N-ethyl adjacent to an activating group) is 1. The molecule has 0 aliphatic rings. The van der Waals surface area contributed by atoms with E-state index in [0.29, 0.717) is 6.54 Å². The summed E-state index contributed by atoms with van der Waals surface area (Å²) in [5, 5.41) is 0.136. The molecule has 1 aromatic carbocycles. The fourth-order valence-corrected chi connectivity index (χ4v) is 1.46. The van der Waals surface area contributed by atoms with Crippen LogP contribution in [0.15, 0.2) is 18.2 Å². The number of carbonyl (C=O) groups excluding carboxylic acids is 1. The molecule has 6 heteroatoms. The van der Waals surface area contributed by atoms with Crippen LogP contribution in [0, 0.1) is 5.82 Å². The molecule has 18 heavy (non-hydrogen) atoms. The summed E-state index contributed by atoms with van der Waals surface area (Å²) in [7, 11) is 1.65. The van der Waals surface area contributed by atoms with Gasteiger partial charge in [0, 0.05) is 19.6 Å². The molecule has 100 valence electrons. The van der Waals surface area contributed by atoms with Gasteiger partial charge in [0.05, 0.1) is 5.02 Å². The third-order valence-electron chi connectivity index (χ3n) is 2.64. The average Bonchev–Trinajstić information content (AvgIpc) is 2.35. The van der Waals surface area contributed by atoms with Crippen molar-refractivity contribution >= 4 is 17.5 Å². The summed E-state index contributed by atoms with van der Waals surface area (Å²) in [5.74, 6) is -0.388. The van der Waals surface area contributed by atoms with E-state index in [4.69, 9.17) is 22.1 Å². The molecule has 0 aliphatic heterocycles. The fourth-order valence-electron chi connectivity index (χ4n) is 1.24. The highest BCUT2D eigenvalue weighted by Gasteiger charge is 2.15. The molecule has 0 radical (unpaired) electrons. The van der Waals surface area contributed by atoms with E-state index in [1.807, 2.05) is 6.92 Å². The van der Waals surface area contributed by atoms with Gasteiger partial charge in [-0.2, -0.15) is 0 Å². The lowest BCUT2D eigenvalue weighted by molar-refractivity contribution is -0.133. The second-order valence-corrected chi connectivity index (χ2v) is 4.36. The predicted octanol–water partition coefficient (Wildman–Crippen LogP) is 1.66. The van der Waals surface area contributed by atoms with Crippen LogP contribution in [0.2, 0.25) is 5.02 Å². The zero-order valence-corrected chi connectivity index (χ0v) is 11.1. The molecular weight excluding hydrogens is 259 g/mol. The Balaban J connectivity index is 2.57. The van der Waals surface area contributed by atoms with Gasteiger partial charge < -0.3 is 15.4 Å². The first-order chi connectivity index (χ1) is 8.45. The van der Waals surface area contributed by atoms with Gasteiger partial charge >= 0.3 is 0 Å². The molecule has 0 heterocycles. The number of nitrogens with zero attached hydrogens (tertiary/aromatic N) is 1. The third-order valence-corrected chi connectivity index (χ3v) is 2.94. The summed E-state index contributed by atoms with van der Waals surface area (Å²) < 4.78 is 18.0. The van der Waals surface area contributed by atoms with Crippen LogP contribution in [0.4, 0.5) is 4.39 Å². The van der Waals surface area contributed by atoms with Crippen LogP contribution < -0.4 is 10.5 Å². The normalized spacial score (nSPS) is 12.1. The molecule has 0 fully saturated rings. The Labute approximate surface area is 110 Å². The van der Waals surface area contributed by atoms with Crippen molar-refractivity contribution in [3.05, 3.63) is 29.0 Å². The van der Waals surface area contributed by atoms with E-state index in [2.05, 4.69) is 0 Å². The van der Waals surface area contributed by atoms with Crippen LogP contribution in [0.3, 0.4) is 0 Å². The SMILES string of the molecule is CC(CN)N(C)C(=O)COc1ccc(F)cc1Cl. The number of hydrogen-bond acceptors (Lipinski definition) is 3. The van der Waals surface area contributed by atoms with Crippen molar-refractivity contribution in [1.82, 2.24) is 4.90 Å². The molecule has 0 saturated carbocycles. The zero-order valence-electron chi connectivity index (χ0n) is 10.3. The van der Waals surface area contributed by atoms with Crippen LogP contribution in [-0.2, 0) is 4.79 Å². The molecule has 1 atom stereocenters. The Bertz CT molecular complexity index is 429. The van der Waals surface area contributed by atoms with Crippen molar-refractivity contribution in [1.29, 1.82) is 0 Å². The number of carbonyl (C=O) groups is 1. The van der Waals surface area contributed by atoms with Gasteiger partial charge in [-0.15, -0.1) is 0 Å². The van der Waals surface area contributed by atoms with Crippen LogP contribution in [0.1, 0.15) is 6.92 Å². The van der Waals surface area contributed by atoms with E-state index < -0.39 is 5.82 Å². The van der Waals surface area contributed by atoms with E-state index in [1.165, 1.54) is 17.0 Å². The van der Waals surface area contributed by atoms with Crippen molar-refractivity contribution in [2.75, 3.05) is 20.2 Å². The molecular formula is C12H16ClFN2O2. The van der Waals surface area contributed by atoms with Gasteiger partial charge in [0.25, 0.3) is 5.91 Å². The smallest absolute Gasteiger partial charge is 0.260 e. The molecule has 0 aromatic heterocycles. The lowest BCUT2D eigenvalue weighted by Crippen LogP contribution is -2.42. The summed E-state index contributed by atoms with van der Waals surface area (Å²) in [4.78, 5) is 13.2. The quantitative estimate of drug-likeness (QED) is 0.888. The van der Waals surface area contributed by atoms with Crippen LogP contribution >= 0.6 is 11.6 Å². The number of benzene rings is 1. The van der Waals surface area contributed by atoms with Crippen molar-refractivity contribution in [3.63, 3.8) is 0 Å². The summed E-state index contributed by atoms with van der Waals surface area (Å²) in [5.41, 5.74) is 5.46. The lowest BCUT2D eigenvalue weighted by Gasteiger charge is -2.23. The van der Waals surface area contributed by atoms with Crippen molar-refractivity contribution in [2.45, 2.75) is 13.0 Å². The number of rotatable bonds is 5. The highest BCUT2D eigenvalue weighted by atomic mass is 35.5. The van der Waals surface area contributed by atoms with Gasteiger partial charge in [-0.1, -0.05) is 11.6 Å². The second-order valence-electron chi connectivity index (χ2n) is 3.95. The Kier molecular flexibility index (Phi) is 5.37. The molecule has 0 bridgehead atoms. The Morgan fingerprint density at radius 1 is 1.61 bits per heavy atom. The predicted molar refractivity (Wildman–Crippen MR) is 68.2 cm³/mol. The van der Waals surface area contributed by atoms with E-state index in [1.54, 1.807) is 7.05 Å². The van der Waals surface area contributed by atoms with Crippen molar-refractivity contribution < 1.29 is 13.9 Å². The van der Waals surface area contributed by atoms with Crippen molar-refractivity contribution in [3.8, 4) is 5.75 Å². The average molecular weight is 275 g/mol. The summed E-state index contributed by atoms with van der Waals surface area (Å²) in [6.45, 7) is 2.05. The maximum Gasteiger partial charge on any atom is 0.260 e. The summed E-state index contributed by atoms with van der Waals surface area (Å²) >= 11 is 5.77. The summed E-state index contributed by atoms with van der Waals surface area (Å²) in [6, 6.07) is 3.67. The minimum atomic E-state index is -0.451. The Hall–Kier alpha value is -1.33. The first-order valence-corrected chi connectivity index (χ1v) is 5.87. The highest BCUT2D eigenvalue weighted by Crippen LogP contribution is 2.24. The fraction of sp³-hybridized carbons (Fsp3) is 0.417. The number of hydrogen-bond donors (Lipinski definition) is 1. The number of ether oxygens (including phenoxy) is 1. The van der Waals surface area contributed by atoms with Gasteiger partial charge in [-0.25, -0.2) is 4.39 Å².